The first-order valence-electron chi connectivity index (χ1n) is 9.10. The number of aryl methyl sites for hydroxylation is 2. The second-order valence-corrected chi connectivity index (χ2v) is 6.61. The van der Waals surface area contributed by atoms with Crippen molar-refractivity contribution in [1.82, 2.24) is 10.3 Å². The molecule has 0 spiro atoms. The molecule has 4 heteroatoms. The molecular weight excluding hydrogens is 322 g/mol. The first kappa shape index (κ1) is 17.9. The number of unbranched alkanes of at least 4 members (excludes halogenated alkanes) is 1. The van der Waals surface area contributed by atoms with Gasteiger partial charge in [-0.15, -0.1) is 0 Å². The van der Waals surface area contributed by atoms with Gasteiger partial charge < -0.3 is 10.6 Å². The van der Waals surface area contributed by atoms with Crippen molar-refractivity contribution >= 4 is 28.3 Å². The quantitative estimate of drug-likeness (QED) is 0.608. The van der Waals surface area contributed by atoms with E-state index >= 15 is 0 Å². The zero-order valence-corrected chi connectivity index (χ0v) is 15.6. The van der Waals surface area contributed by atoms with Crippen LogP contribution in [0.1, 0.15) is 41.3 Å². The Labute approximate surface area is 154 Å². The van der Waals surface area contributed by atoms with E-state index in [1.807, 2.05) is 36.4 Å². The molecular formula is C22H25N3O. The lowest BCUT2D eigenvalue weighted by molar-refractivity contribution is 0.0955. The molecule has 0 unspecified atom stereocenters. The van der Waals surface area contributed by atoms with Crippen LogP contribution in [0.25, 0.3) is 10.9 Å². The van der Waals surface area contributed by atoms with Gasteiger partial charge in [0.2, 0.25) is 0 Å². The molecule has 1 amide bonds. The molecule has 0 atom stereocenters. The van der Waals surface area contributed by atoms with Crippen LogP contribution in [0.3, 0.4) is 0 Å². The summed E-state index contributed by atoms with van der Waals surface area (Å²) >= 11 is 0. The highest BCUT2D eigenvalue weighted by Crippen LogP contribution is 2.24. The lowest BCUT2D eigenvalue weighted by Gasteiger charge is -2.12. The summed E-state index contributed by atoms with van der Waals surface area (Å²) in [5.74, 6) is 0.618. The number of para-hydroxylation sites is 1. The Bertz CT molecular complexity index is 934. The summed E-state index contributed by atoms with van der Waals surface area (Å²) in [4.78, 5) is 17.3. The zero-order valence-electron chi connectivity index (χ0n) is 15.6. The number of aromatic nitrogens is 1. The van der Waals surface area contributed by atoms with Crippen molar-refractivity contribution in [1.29, 1.82) is 0 Å². The number of pyridine rings is 1. The number of carbonyl (C=O) groups excluding carboxylic acids is 1. The van der Waals surface area contributed by atoms with E-state index in [1.54, 1.807) is 0 Å². The van der Waals surface area contributed by atoms with Crippen LogP contribution in [0.4, 0.5) is 11.5 Å². The number of amides is 1. The van der Waals surface area contributed by atoms with E-state index in [4.69, 9.17) is 0 Å². The van der Waals surface area contributed by atoms with Gasteiger partial charge in [0.05, 0.1) is 11.1 Å². The molecule has 1 aromatic heterocycles. The Morgan fingerprint density at radius 2 is 1.85 bits per heavy atom. The Hall–Kier alpha value is -2.88. The van der Waals surface area contributed by atoms with Crippen molar-refractivity contribution in [2.24, 2.45) is 0 Å². The number of hydrogen-bond donors (Lipinski definition) is 2. The molecule has 0 saturated carbocycles. The molecule has 3 rings (SSSR count). The van der Waals surface area contributed by atoms with Crippen LogP contribution >= 0.6 is 0 Å². The highest BCUT2D eigenvalue weighted by atomic mass is 16.1. The smallest absolute Gasteiger partial charge is 0.252 e. The Balaban J connectivity index is 1.95. The van der Waals surface area contributed by atoms with Crippen LogP contribution in [-0.4, -0.2) is 17.4 Å². The van der Waals surface area contributed by atoms with Gasteiger partial charge in [-0.1, -0.05) is 37.6 Å². The van der Waals surface area contributed by atoms with Gasteiger partial charge in [-0.25, -0.2) is 4.98 Å². The highest BCUT2D eigenvalue weighted by molar-refractivity contribution is 6.07. The van der Waals surface area contributed by atoms with Crippen LogP contribution in [0.15, 0.2) is 48.5 Å². The van der Waals surface area contributed by atoms with Gasteiger partial charge in [0.1, 0.15) is 5.82 Å². The summed E-state index contributed by atoms with van der Waals surface area (Å²) in [6.45, 7) is 6.97. The molecule has 2 N–H and O–H groups in total. The van der Waals surface area contributed by atoms with Gasteiger partial charge in [0, 0.05) is 17.6 Å². The predicted octanol–water partition coefficient (Wildman–Crippen LogP) is 5.13. The van der Waals surface area contributed by atoms with Crippen LogP contribution in [-0.2, 0) is 0 Å². The minimum atomic E-state index is -0.0554. The van der Waals surface area contributed by atoms with Crippen molar-refractivity contribution in [3.8, 4) is 0 Å². The molecule has 2 aromatic carbocycles. The number of anilines is 2. The van der Waals surface area contributed by atoms with Gasteiger partial charge in [0.15, 0.2) is 0 Å². The second kappa shape index (κ2) is 8.00. The fourth-order valence-corrected chi connectivity index (χ4v) is 2.87. The highest BCUT2D eigenvalue weighted by Gasteiger charge is 2.13. The summed E-state index contributed by atoms with van der Waals surface area (Å²) < 4.78 is 0. The fraction of sp³-hybridized carbons (Fsp3) is 0.273. The SMILES string of the molecule is CCCCNC(=O)c1cc(Nc2ccc(C)c(C)c2)nc2ccccc12. The predicted molar refractivity (Wildman–Crippen MR) is 108 cm³/mol. The molecule has 3 aromatic rings. The third kappa shape index (κ3) is 4.02. The van der Waals surface area contributed by atoms with Crippen molar-refractivity contribution in [2.75, 3.05) is 11.9 Å². The van der Waals surface area contributed by atoms with Crippen molar-refractivity contribution in [3.63, 3.8) is 0 Å². The normalized spacial score (nSPS) is 10.7. The Morgan fingerprint density at radius 1 is 1.04 bits per heavy atom. The van der Waals surface area contributed by atoms with E-state index in [0.717, 1.165) is 29.4 Å². The third-order valence-electron chi connectivity index (χ3n) is 4.56. The van der Waals surface area contributed by atoms with E-state index < -0.39 is 0 Å². The average molecular weight is 347 g/mol. The van der Waals surface area contributed by atoms with Crippen LogP contribution < -0.4 is 10.6 Å². The van der Waals surface area contributed by atoms with Crippen LogP contribution in [0, 0.1) is 13.8 Å². The zero-order chi connectivity index (χ0) is 18.5. The monoisotopic (exact) mass is 347 g/mol. The van der Waals surface area contributed by atoms with Crippen molar-refractivity contribution in [3.05, 3.63) is 65.2 Å². The van der Waals surface area contributed by atoms with Gasteiger partial charge >= 0.3 is 0 Å². The molecule has 0 fully saturated rings. The Morgan fingerprint density at radius 3 is 2.62 bits per heavy atom. The second-order valence-electron chi connectivity index (χ2n) is 6.61. The summed E-state index contributed by atoms with van der Waals surface area (Å²) in [5.41, 5.74) is 4.89. The molecule has 0 aliphatic rings. The Kier molecular flexibility index (Phi) is 5.52. The van der Waals surface area contributed by atoms with E-state index in [-0.39, 0.29) is 5.91 Å². The number of rotatable bonds is 6. The van der Waals surface area contributed by atoms with Gasteiger partial charge in [-0.05, 0) is 55.7 Å². The van der Waals surface area contributed by atoms with Gasteiger partial charge in [-0.2, -0.15) is 0 Å². The van der Waals surface area contributed by atoms with E-state index in [9.17, 15) is 4.79 Å². The summed E-state index contributed by atoms with van der Waals surface area (Å²) in [5, 5.41) is 7.21. The van der Waals surface area contributed by atoms with E-state index in [1.165, 1.54) is 11.1 Å². The number of nitrogens with zero attached hydrogens (tertiary/aromatic N) is 1. The molecule has 134 valence electrons. The largest absolute Gasteiger partial charge is 0.352 e. The molecule has 0 aliphatic carbocycles. The van der Waals surface area contributed by atoms with Crippen molar-refractivity contribution < 1.29 is 4.79 Å². The van der Waals surface area contributed by atoms with Gasteiger partial charge in [-0.3, -0.25) is 4.79 Å². The fourth-order valence-electron chi connectivity index (χ4n) is 2.87. The van der Waals surface area contributed by atoms with Gasteiger partial charge in [0.25, 0.3) is 5.91 Å². The number of fused-ring (bicyclic) bond motifs is 1. The number of nitrogens with one attached hydrogen (secondary N) is 2. The van der Waals surface area contributed by atoms with Crippen molar-refractivity contribution in [2.45, 2.75) is 33.6 Å². The molecule has 0 aliphatic heterocycles. The summed E-state index contributed by atoms with van der Waals surface area (Å²) in [7, 11) is 0. The van der Waals surface area contributed by atoms with E-state index in [0.29, 0.717) is 17.9 Å². The first-order valence-corrected chi connectivity index (χ1v) is 9.10. The molecule has 0 bridgehead atoms. The average Bonchev–Trinajstić information content (AvgIpc) is 2.64. The first-order chi connectivity index (χ1) is 12.6. The standard InChI is InChI=1S/C22H25N3O/c1-4-5-12-23-22(26)19-14-21(25-20-9-7-6-8-18(19)20)24-17-11-10-15(2)16(3)13-17/h6-11,13-14H,4-5,12H2,1-3H3,(H,23,26)(H,24,25). The third-order valence-corrected chi connectivity index (χ3v) is 4.56. The van der Waals surface area contributed by atoms with Crippen LogP contribution in [0.2, 0.25) is 0 Å². The number of benzene rings is 2. The minimum Gasteiger partial charge on any atom is -0.352 e. The number of carbonyl (C=O) groups is 1. The molecule has 0 radical (unpaired) electrons. The molecule has 0 saturated heterocycles. The maximum Gasteiger partial charge on any atom is 0.252 e. The lowest BCUT2D eigenvalue weighted by atomic mass is 10.1. The van der Waals surface area contributed by atoms with Crippen LogP contribution in [0.5, 0.6) is 0 Å². The summed E-state index contributed by atoms with van der Waals surface area (Å²) in [6, 6.07) is 15.8. The molecule has 4 nitrogen and oxygen atoms in total. The summed E-state index contributed by atoms with van der Waals surface area (Å²) in [6.07, 6.45) is 2.03. The maximum absolute atomic E-state index is 12.7. The lowest BCUT2D eigenvalue weighted by Crippen LogP contribution is -2.24. The molecule has 1 heterocycles. The van der Waals surface area contributed by atoms with E-state index in [2.05, 4.69) is 48.5 Å². The minimum absolute atomic E-state index is 0.0554. The topological polar surface area (TPSA) is 54.0 Å². The maximum atomic E-state index is 12.7. The number of hydrogen-bond acceptors (Lipinski definition) is 3. The molecule has 26 heavy (non-hydrogen) atoms.